The van der Waals surface area contributed by atoms with Crippen molar-refractivity contribution in [1.29, 1.82) is 0 Å². The van der Waals surface area contributed by atoms with Crippen LogP contribution in [0.25, 0.3) is 10.9 Å². The molecule has 8 heteroatoms. The summed E-state index contributed by atoms with van der Waals surface area (Å²) >= 11 is 0. The molecule has 0 aliphatic heterocycles. The summed E-state index contributed by atoms with van der Waals surface area (Å²) in [6.45, 7) is 5.88. The Morgan fingerprint density at radius 3 is 2.06 bits per heavy atom. The first-order valence-corrected chi connectivity index (χ1v) is 10.4. The summed E-state index contributed by atoms with van der Waals surface area (Å²) in [5, 5.41) is 0.847. The second kappa shape index (κ2) is 9.44. The van der Waals surface area contributed by atoms with Crippen LogP contribution in [0, 0.1) is 0 Å². The number of hydrogen-bond donors (Lipinski definition) is 1. The quantitative estimate of drug-likeness (QED) is 0.580. The SMILES string of the molecule is COc1ccc2cc(CN(C(=O)c3cc(OC)c(OC)c(OC)c3)C(C)(C)C)c(=O)[nH]c2c1. The summed E-state index contributed by atoms with van der Waals surface area (Å²) in [5.74, 6) is 1.55. The van der Waals surface area contributed by atoms with E-state index in [9.17, 15) is 9.59 Å². The number of amides is 1. The minimum Gasteiger partial charge on any atom is -0.497 e. The van der Waals surface area contributed by atoms with Gasteiger partial charge in [0.2, 0.25) is 5.75 Å². The van der Waals surface area contributed by atoms with E-state index in [1.165, 1.54) is 21.3 Å². The Hall–Kier alpha value is -3.68. The number of H-pyrrole nitrogens is 1. The van der Waals surface area contributed by atoms with E-state index < -0.39 is 5.54 Å². The van der Waals surface area contributed by atoms with Crippen molar-refractivity contribution in [2.24, 2.45) is 0 Å². The number of pyridine rings is 1. The van der Waals surface area contributed by atoms with Crippen molar-refractivity contribution in [2.75, 3.05) is 28.4 Å². The average molecular weight is 455 g/mol. The molecule has 0 unspecified atom stereocenters. The van der Waals surface area contributed by atoms with Gasteiger partial charge in [-0.3, -0.25) is 9.59 Å². The molecule has 1 aromatic heterocycles. The zero-order valence-electron chi connectivity index (χ0n) is 20.1. The summed E-state index contributed by atoms with van der Waals surface area (Å²) in [4.78, 5) is 31.0. The number of ether oxygens (including phenoxy) is 4. The standard InChI is InChI=1S/C25H30N2O6/c1-25(2,3)27(24(29)16-11-20(31-5)22(33-7)21(12-16)32-6)14-17-10-15-8-9-18(30-4)13-19(15)26-23(17)28/h8-13H,14H2,1-7H3,(H,26,28). The van der Waals surface area contributed by atoms with Gasteiger partial charge in [-0.25, -0.2) is 0 Å². The molecule has 3 aromatic rings. The molecule has 0 aliphatic rings. The molecular formula is C25H30N2O6. The van der Waals surface area contributed by atoms with E-state index in [-0.39, 0.29) is 18.0 Å². The van der Waals surface area contributed by atoms with Crippen molar-refractivity contribution < 1.29 is 23.7 Å². The maximum atomic E-state index is 13.6. The van der Waals surface area contributed by atoms with Crippen LogP contribution in [0.1, 0.15) is 36.7 Å². The van der Waals surface area contributed by atoms with Crippen molar-refractivity contribution >= 4 is 16.8 Å². The minimum absolute atomic E-state index is 0.121. The van der Waals surface area contributed by atoms with Crippen LogP contribution in [-0.2, 0) is 6.54 Å². The lowest BCUT2D eigenvalue weighted by molar-refractivity contribution is 0.0557. The highest BCUT2D eigenvalue weighted by atomic mass is 16.5. The highest BCUT2D eigenvalue weighted by Gasteiger charge is 2.30. The number of benzene rings is 2. The summed E-state index contributed by atoms with van der Waals surface area (Å²) < 4.78 is 21.4. The molecule has 33 heavy (non-hydrogen) atoms. The fourth-order valence-electron chi connectivity index (χ4n) is 3.61. The lowest BCUT2D eigenvalue weighted by atomic mass is 10.0. The average Bonchev–Trinajstić information content (AvgIpc) is 2.79. The second-order valence-electron chi connectivity index (χ2n) is 8.55. The molecule has 0 saturated carbocycles. The molecule has 3 rings (SSSR count). The number of rotatable bonds is 7. The van der Waals surface area contributed by atoms with Crippen LogP contribution in [0.2, 0.25) is 0 Å². The van der Waals surface area contributed by atoms with Crippen LogP contribution in [0.5, 0.6) is 23.0 Å². The van der Waals surface area contributed by atoms with E-state index in [0.717, 1.165) is 5.39 Å². The summed E-state index contributed by atoms with van der Waals surface area (Å²) in [6.07, 6.45) is 0. The topological polar surface area (TPSA) is 90.1 Å². The Bertz CT molecular complexity index is 1200. The van der Waals surface area contributed by atoms with Gasteiger partial charge in [0.15, 0.2) is 11.5 Å². The molecule has 0 spiro atoms. The maximum Gasteiger partial charge on any atom is 0.254 e. The van der Waals surface area contributed by atoms with Crippen LogP contribution >= 0.6 is 0 Å². The van der Waals surface area contributed by atoms with E-state index in [0.29, 0.717) is 39.6 Å². The number of aromatic nitrogens is 1. The molecule has 1 heterocycles. The highest BCUT2D eigenvalue weighted by Crippen LogP contribution is 2.39. The third kappa shape index (κ3) is 4.89. The van der Waals surface area contributed by atoms with Gasteiger partial charge in [0.1, 0.15) is 5.75 Å². The molecular weight excluding hydrogens is 424 g/mol. The van der Waals surface area contributed by atoms with Crippen molar-refractivity contribution in [1.82, 2.24) is 9.88 Å². The van der Waals surface area contributed by atoms with Gasteiger partial charge in [-0.15, -0.1) is 0 Å². The molecule has 2 aromatic carbocycles. The van der Waals surface area contributed by atoms with Gasteiger partial charge in [0, 0.05) is 22.7 Å². The second-order valence-corrected chi connectivity index (χ2v) is 8.55. The Labute approximate surface area is 193 Å². The molecule has 1 N–H and O–H groups in total. The maximum absolute atomic E-state index is 13.6. The number of carbonyl (C=O) groups is 1. The third-order valence-electron chi connectivity index (χ3n) is 5.43. The lowest BCUT2D eigenvalue weighted by Gasteiger charge is -2.36. The first kappa shape index (κ1) is 24.0. The molecule has 8 nitrogen and oxygen atoms in total. The fourth-order valence-corrected chi connectivity index (χ4v) is 3.61. The van der Waals surface area contributed by atoms with Crippen LogP contribution < -0.4 is 24.5 Å². The first-order valence-electron chi connectivity index (χ1n) is 10.4. The number of nitrogens with one attached hydrogen (secondary N) is 1. The van der Waals surface area contributed by atoms with Gasteiger partial charge in [0.25, 0.3) is 11.5 Å². The minimum atomic E-state index is -0.571. The molecule has 0 aliphatic carbocycles. The molecule has 176 valence electrons. The van der Waals surface area contributed by atoms with Gasteiger partial charge >= 0.3 is 0 Å². The normalized spacial score (nSPS) is 11.2. The number of methoxy groups -OCH3 is 4. The van der Waals surface area contributed by atoms with E-state index in [1.54, 1.807) is 36.3 Å². The molecule has 0 fully saturated rings. The third-order valence-corrected chi connectivity index (χ3v) is 5.43. The van der Waals surface area contributed by atoms with Crippen LogP contribution in [0.15, 0.2) is 41.2 Å². The summed E-state index contributed by atoms with van der Waals surface area (Å²) in [7, 11) is 6.07. The molecule has 0 atom stereocenters. The van der Waals surface area contributed by atoms with Gasteiger partial charge in [-0.05, 0) is 56.5 Å². The van der Waals surface area contributed by atoms with Crippen molar-refractivity contribution in [3.63, 3.8) is 0 Å². The van der Waals surface area contributed by atoms with E-state index in [1.807, 2.05) is 32.9 Å². The summed E-state index contributed by atoms with van der Waals surface area (Å²) in [6, 6.07) is 10.5. The van der Waals surface area contributed by atoms with Crippen molar-refractivity contribution in [3.05, 3.63) is 57.9 Å². The van der Waals surface area contributed by atoms with Crippen molar-refractivity contribution in [2.45, 2.75) is 32.9 Å². The Morgan fingerprint density at radius 2 is 1.55 bits per heavy atom. The van der Waals surface area contributed by atoms with Gasteiger partial charge in [-0.2, -0.15) is 0 Å². The lowest BCUT2D eigenvalue weighted by Crippen LogP contribution is -2.46. The van der Waals surface area contributed by atoms with E-state index in [4.69, 9.17) is 18.9 Å². The zero-order valence-corrected chi connectivity index (χ0v) is 20.1. The zero-order chi connectivity index (χ0) is 24.3. The van der Waals surface area contributed by atoms with Gasteiger partial charge in [0.05, 0.1) is 40.5 Å². The van der Waals surface area contributed by atoms with Crippen LogP contribution in [0.3, 0.4) is 0 Å². The number of carbonyl (C=O) groups excluding carboxylic acids is 1. The Balaban J connectivity index is 2.05. The van der Waals surface area contributed by atoms with Gasteiger partial charge in [-0.1, -0.05) is 0 Å². The largest absolute Gasteiger partial charge is 0.497 e. The smallest absolute Gasteiger partial charge is 0.254 e. The van der Waals surface area contributed by atoms with Crippen molar-refractivity contribution in [3.8, 4) is 23.0 Å². The molecule has 0 radical (unpaired) electrons. The van der Waals surface area contributed by atoms with E-state index >= 15 is 0 Å². The number of nitrogens with zero attached hydrogens (tertiary/aromatic N) is 1. The number of hydrogen-bond acceptors (Lipinski definition) is 6. The molecule has 0 bridgehead atoms. The summed E-state index contributed by atoms with van der Waals surface area (Å²) in [5.41, 5.74) is 0.674. The first-order chi connectivity index (χ1) is 15.6. The number of fused-ring (bicyclic) bond motifs is 1. The van der Waals surface area contributed by atoms with Gasteiger partial charge < -0.3 is 28.8 Å². The van der Waals surface area contributed by atoms with E-state index in [2.05, 4.69) is 4.98 Å². The highest BCUT2D eigenvalue weighted by molar-refractivity contribution is 5.96. The monoisotopic (exact) mass is 454 g/mol. The molecule has 0 saturated heterocycles. The predicted molar refractivity (Wildman–Crippen MR) is 127 cm³/mol. The van der Waals surface area contributed by atoms with Crippen LogP contribution in [-0.4, -0.2) is 49.8 Å². The Morgan fingerprint density at radius 1 is 0.909 bits per heavy atom. The molecule has 1 amide bonds. The van der Waals surface area contributed by atoms with Crippen LogP contribution in [0.4, 0.5) is 0 Å². The Kier molecular flexibility index (Phi) is 6.86. The number of aromatic amines is 1. The fraction of sp³-hybridized carbons (Fsp3) is 0.360. The predicted octanol–water partition coefficient (Wildman–Crippen LogP) is 4.00.